The molecule has 4 nitrogen and oxygen atoms in total. The molecular formula is C28H40N2O2. The zero-order valence-electron chi connectivity index (χ0n) is 19.6. The Labute approximate surface area is 193 Å². The standard InChI is InChI=1S/C28H40N2O2/c1-2-3-19-29-24-15-17-25(18-16-24)30-28(32)21-23(20-22-11-7-6-8-12-22)26-13-9-4-5-10-14-27(26)31/h6-8,11-12,15-18,23,26-27,29,31H,2-5,9-10,13-14,19-21H2,1H3,(H,30,32). The molecular weight excluding hydrogens is 396 g/mol. The molecule has 3 rings (SSSR count). The molecule has 32 heavy (non-hydrogen) atoms. The number of aliphatic hydroxyl groups is 1. The predicted molar refractivity (Wildman–Crippen MR) is 134 cm³/mol. The van der Waals surface area contributed by atoms with Gasteiger partial charge in [-0.05, 0) is 67.3 Å². The SMILES string of the molecule is CCCCNc1ccc(NC(=O)CC(Cc2ccccc2)C2CCCCCCC2O)cc1. The van der Waals surface area contributed by atoms with E-state index in [9.17, 15) is 9.90 Å². The number of unbranched alkanes of at least 4 members (excludes halogenated alkanes) is 1. The maximum Gasteiger partial charge on any atom is 0.224 e. The van der Waals surface area contributed by atoms with E-state index in [4.69, 9.17) is 0 Å². The van der Waals surface area contributed by atoms with Crippen LogP contribution in [0.2, 0.25) is 0 Å². The molecule has 0 bridgehead atoms. The first-order chi connectivity index (χ1) is 15.7. The largest absolute Gasteiger partial charge is 0.393 e. The molecule has 4 heteroatoms. The van der Waals surface area contributed by atoms with Crippen LogP contribution in [-0.2, 0) is 11.2 Å². The van der Waals surface area contributed by atoms with Gasteiger partial charge < -0.3 is 15.7 Å². The molecule has 0 saturated heterocycles. The number of carbonyl (C=O) groups excluding carboxylic acids is 1. The lowest BCUT2D eigenvalue weighted by atomic mass is 9.75. The van der Waals surface area contributed by atoms with Crippen LogP contribution in [0.25, 0.3) is 0 Å². The summed E-state index contributed by atoms with van der Waals surface area (Å²) in [6.07, 6.45) is 9.78. The molecule has 0 heterocycles. The van der Waals surface area contributed by atoms with Crippen LogP contribution in [0, 0.1) is 11.8 Å². The van der Waals surface area contributed by atoms with Gasteiger partial charge in [-0.3, -0.25) is 4.79 Å². The van der Waals surface area contributed by atoms with E-state index in [-0.39, 0.29) is 23.8 Å². The van der Waals surface area contributed by atoms with Crippen LogP contribution < -0.4 is 10.6 Å². The quantitative estimate of drug-likeness (QED) is 0.377. The molecule has 0 spiro atoms. The van der Waals surface area contributed by atoms with Crippen LogP contribution in [0.4, 0.5) is 11.4 Å². The van der Waals surface area contributed by atoms with Crippen molar-refractivity contribution in [2.75, 3.05) is 17.2 Å². The lowest BCUT2D eigenvalue weighted by Gasteiger charge is -2.32. The summed E-state index contributed by atoms with van der Waals surface area (Å²) in [7, 11) is 0. The second kappa shape index (κ2) is 13.3. The number of carbonyl (C=O) groups is 1. The molecule has 0 aromatic heterocycles. The summed E-state index contributed by atoms with van der Waals surface area (Å²) in [5.74, 6) is 0.346. The fourth-order valence-corrected chi connectivity index (χ4v) is 4.87. The number of amides is 1. The smallest absolute Gasteiger partial charge is 0.224 e. The van der Waals surface area contributed by atoms with E-state index in [1.165, 1.54) is 24.8 Å². The van der Waals surface area contributed by atoms with Crippen LogP contribution in [0.5, 0.6) is 0 Å². The zero-order valence-corrected chi connectivity index (χ0v) is 19.6. The van der Waals surface area contributed by atoms with Crippen molar-refractivity contribution in [1.29, 1.82) is 0 Å². The van der Waals surface area contributed by atoms with Crippen LogP contribution in [0.1, 0.15) is 70.3 Å². The van der Waals surface area contributed by atoms with Gasteiger partial charge in [-0.25, -0.2) is 0 Å². The summed E-state index contributed by atoms with van der Waals surface area (Å²) in [6, 6.07) is 18.3. The summed E-state index contributed by atoms with van der Waals surface area (Å²) < 4.78 is 0. The maximum absolute atomic E-state index is 13.0. The van der Waals surface area contributed by atoms with Gasteiger partial charge >= 0.3 is 0 Å². The summed E-state index contributed by atoms with van der Waals surface area (Å²) in [6.45, 7) is 3.15. The Bertz CT molecular complexity index is 791. The highest BCUT2D eigenvalue weighted by molar-refractivity contribution is 5.91. The Hall–Kier alpha value is -2.33. The third-order valence-electron chi connectivity index (χ3n) is 6.70. The van der Waals surface area contributed by atoms with E-state index >= 15 is 0 Å². The molecule has 3 N–H and O–H groups in total. The summed E-state index contributed by atoms with van der Waals surface area (Å²) >= 11 is 0. The zero-order chi connectivity index (χ0) is 22.6. The first-order valence-electron chi connectivity index (χ1n) is 12.5. The summed E-state index contributed by atoms with van der Waals surface area (Å²) in [5.41, 5.74) is 3.14. The van der Waals surface area contributed by atoms with E-state index in [1.54, 1.807) is 0 Å². The van der Waals surface area contributed by atoms with Gasteiger partial charge in [0, 0.05) is 24.3 Å². The van der Waals surface area contributed by atoms with E-state index < -0.39 is 0 Å². The second-order valence-electron chi connectivity index (χ2n) is 9.28. The number of hydrogen-bond donors (Lipinski definition) is 3. The minimum atomic E-state index is -0.315. The van der Waals surface area contributed by atoms with Crippen molar-refractivity contribution in [3.05, 3.63) is 60.2 Å². The fraction of sp³-hybridized carbons (Fsp3) is 0.536. The molecule has 3 unspecified atom stereocenters. The van der Waals surface area contributed by atoms with Crippen LogP contribution >= 0.6 is 0 Å². The van der Waals surface area contributed by atoms with E-state index in [0.717, 1.165) is 56.4 Å². The molecule has 1 aliphatic rings. The number of benzene rings is 2. The Morgan fingerprint density at radius 1 is 0.969 bits per heavy atom. The van der Waals surface area contributed by atoms with Gasteiger partial charge in [0.25, 0.3) is 0 Å². The van der Waals surface area contributed by atoms with Crippen LogP contribution in [0.3, 0.4) is 0 Å². The number of aliphatic hydroxyl groups excluding tert-OH is 1. The number of anilines is 2. The lowest BCUT2D eigenvalue weighted by molar-refractivity contribution is -0.118. The molecule has 1 amide bonds. The summed E-state index contributed by atoms with van der Waals surface area (Å²) in [5, 5.41) is 17.4. The second-order valence-corrected chi connectivity index (χ2v) is 9.28. The van der Waals surface area contributed by atoms with Crippen molar-refractivity contribution >= 4 is 17.3 Å². The minimum absolute atomic E-state index is 0.0342. The molecule has 3 atom stereocenters. The first kappa shape index (κ1) is 24.3. The average molecular weight is 437 g/mol. The number of nitrogens with one attached hydrogen (secondary N) is 2. The molecule has 1 aliphatic carbocycles. The van der Waals surface area contributed by atoms with Crippen LogP contribution in [0.15, 0.2) is 54.6 Å². The van der Waals surface area contributed by atoms with Crippen molar-refractivity contribution in [1.82, 2.24) is 0 Å². The van der Waals surface area contributed by atoms with Gasteiger partial charge in [-0.15, -0.1) is 0 Å². The van der Waals surface area contributed by atoms with Crippen molar-refractivity contribution < 1.29 is 9.90 Å². The molecule has 2 aromatic rings. The molecule has 1 saturated carbocycles. The van der Waals surface area contributed by atoms with Crippen molar-refractivity contribution in [2.45, 2.75) is 77.2 Å². The molecule has 1 fully saturated rings. The van der Waals surface area contributed by atoms with Gasteiger partial charge in [-0.1, -0.05) is 69.4 Å². The summed E-state index contributed by atoms with van der Waals surface area (Å²) in [4.78, 5) is 13.0. The van der Waals surface area contributed by atoms with E-state index in [2.05, 4.69) is 41.8 Å². The predicted octanol–water partition coefficient (Wildman–Crippen LogP) is 6.42. The van der Waals surface area contributed by atoms with E-state index in [0.29, 0.717) is 6.42 Å². The van der Waals surface area contributed by atoms with Gasteiger partial charge in [0.15, 0.2) is 0 Å². The van der Waals surface area contributed by atoms with Crippen molar-refractivity contribution in [2.24, 2.45) is 11.8 Å². The average Bonchev–Trinajstić information content (AvgIpc) is 2.78. The highest BCUT2D eigenvalue weighted by Gasteiger charge is 2.30. The molecule has 2 aromatic carbocycles. The number of rotatable bonds is 10. The normalized spacial score (nSPS) is 20.1. The highest BCUT2D eigenvalue weighted by Crippen LogP contribution is 2.33. The Kier molecular flexibility index (Phi) is 10.1. The van der Waals surface area contributed by atoms with Crippen molar-refractivity contribution in [3.8, 4) is 0 Å². The molecule has 0 aliphatic heterocycles. The topological polar surface area (TPSA) is 61.4 Å². The monoisotopic (exact) mass is 436 g/mol. The molecule has 174 valence electrons. The first-order valence-corrected chi connectivity index (χ1v) is 12.5. The minimum Gasteiger partial charge on any atom is -0.393 e. The highest BCUT2D eigenvalue weighted by atomic mass is 16.3. The van der Waals surface area contributed by atoms with Crippen molar-refractivity contribution in [3.63, 3.8) is 0 Å². The maximum atomic E-state index is 13.0. The number of hydrogen-bond acceptors (Lipinski definition) is 3. The van der Waals surface area contributed by atoms with Gasteiger partial charge in [0.1, 0.15) is 0 Å². The van der Waals surface area contributed by atoms with Gasteiger partial charge in [0.2, 0.25) is 5.91 Å². The Balaban J connectivity index is 1.64. The lowest BCUT2D eigenvalue weighted by Crippen LogP contribution is -2.33. The molecule has 0 radical (unpaired) electrons. The van der Waals surface area contributed by atoms with Gasteiger partial charge in [-0.2, -0.15) is 0 Å². The third-order valence-corrected chi connectivity index (χ3v) is 6.70. The third kappa shape index (κ3) is 7.98. The van der Waals surface area contributed by atoms with Crippen LogP contribution in [-0.4, -0.2) is 23.7 Å². The van der Waals surface area contributed by atoms with E-state index in [1.807, 2.05) is 30.3 Å². The van der Waals surface area contributed by atoms with Gasteiger partial charge in [0.05, 0.1) is 6.10 Å². The fourth-order valence-electron chi connectivity index (χ4n) is 4.87. The Morgan fingerprint density at radius 3 is 2.38 bits per heavy atom. The Morgan fingerprint density at radius 2 is 1.66 bits per heavy atom.